The zero-order valence-corrected chi connectivity index (χ0v) is 15.4. The average molecular weight is 411 g/mol. The van der Waals surface area contributed by atoms with Gasteiger partial charge in [0.1, 0.15) is 11.4 Å². The summed E-state index contributed by atoms with van der Waals surface area (Å²) in [5.41, 5.74) is 2.92. The van der Waals surface area contributed by atoms with Crippen LogP contribution in [0.3, 0.4) is 0 Å². The first-order valence-corrected chi connectivity index (χ1v) is 8.03. The van der Waals surface area contributed by atoms with E-state index in [0.717, 1.165) is 22.5 Å². The van der Waals surface area contributed by atoms with E-state index in [1.54, 1.807) is 18.3 Å². The summed E-state index contributed by atoms with van der Waals surface area (Å²) in [6.07, 6.45) is 5.68. The lowest BCUT2D eigenvalue weighted by Crippen LogP contribution is -3.00. The zero-order valence-electron chi connectivity index (χ0n) is 13.8. The van der Waals surface area contributed by atoms with E-state index >= 15 is 0 Å². The molecule has 0 bridgehead atoms. The van der Waals surface area contributed by atoms with Crippen LogP contribution in [0.15, 0.2) is 89.7 Å². The van der Waals surface area contributed by atoms with Crippen LogP contribution in [-0.2, 0) is 6.54 Å². The summed E-state index contributed by atoms with van der Waals surface area (Å²) in [7, 11) is 0. The molecule has 0 unspecified atom stereocenters. The van der Waals surface area contributed by atoms with E-state index in [9.17, 15) is 4.39 Å². The Hall–Kier alpha value is -2.79. The number of aromatic nitrogens is 2. The summed E-state index contributed by atoms with van der Waals surface area (Å²) < 4.78 is 21.0. The molecule has 0 saturated heterocycles. The Morgan fingerprint density at radius 1 is 0.885 bits per heavy atom. The number of hydrogen-bond acceptors (Lipinski definition) is 2. The summed E-state index contributed by atoms with van der Waals surface area (Å²) >= 11 is 0. The molecule has 5 heteroatoms. The van der Waals surface area contributed by atoms with Crippen LogP contribution in [0.25, 0.3) is 22.8 Å². The fourth-order valence-corrected chi connectivity index (χ4v) is 2.69. The van der Waals surface area contributed by atoms with Crippen molar-refractivity contribution in [3.63, 3.8) is 0 Å². The second-order valence-electron chi connectivity index (χ2n) is 5.79. The van der Waals surface area contributed by atoms with Gasteiger partial charge in [-0.2, -0.15) is 4.57 Å². The normalized spacial score (nSPS) is 10.3. The molecule has 130 valence electrons. The highest BCUT2D eigenvalue weighted by molar-refractivity contribution is 5.60. The third kappa shape index (κ3) is 4.06. The first-order valence-electron chi connectivity index (χ1n) is 8.03. The van der Waals surface area contributed by atoms with Crippen LogP contribution in [0.2, 0.25) is 0 Å². The van der Waals surface area contributed by atoms with Crippen LogP contribution in [0.4, 0.5) is 4.39 Å². The van der Waals surface area contributed by atoms with Crippen molar-refractivity contribution in [1.82, 2.24) is 4.98 Å². The van der Waals surface area contributed by atoms with Gasteiger partial charge in [0.2, 0.25) is 5.89 Å². The number of nitrogens with zero attached hydrogens (tertiary/aromatic N) is 2. The van der Waals surface area contributed by atoms with Gasteiger partial charge in [0.25, 0.3) is 0 Å². The highest BCUT2D eigenvalue weighted by Crippen LogP contribution is 2.24. The van der Waals surface area contributed by atoms with Crippen LogP contribution < -0.4 is 21.5 Å². The van der Waals surface area contributed by atoms with Crippen LogP contribution in [0.5, 0.6) is 0 Å². The van der Waals surface area contributed by atoms with E-state index in [-0.39, 0.29) is 22.8 Å². The van der Waals surface area contributed by atoms with Crippen molar-refractivity contribution in [2.75, 3.05) is 0 Å². The third-order valence-electron chi connectivity index (χ3n) is 3.95. The lowest BCUT2D eigenvalue weighted by Gasteiger charge is -2.00. The molecule has 0 aliphatic heterocycles. The maximum atomic E-state index is 13.0. The van der Waals surface area contributed by atoms with Crippen LogP contribution >= 0.6 is 0 Å². The molecule has 2 aromatic heterocycles. The molecule has 0 aliphatic carbocycles. The van der Waals surface area contributed by atoms with Crippen molar-refractivity contribution in [2.24, 2.45) is 0 Å². The molecule has 2 heterocycles. The van der Waals surface area contributed by atoms with Gasteiger partial charge in [-0.05, 0) is 30.3 Å². The summed E-state index contributed by atoms with van der Waals surface area (Å²) in [5.74, 6) is 1.09. The summed E-state index contributed by atoms with van der Waals surface area (Å²) in [5, 5.41) is 0. The Morgan fingerprint density at radius 2 is 1.62 bits per heavy atom. The zero-order chi connectivity index (χ0) is 17.1. The number of pyridine rings is 1. The first kappa shape index (κ1) is 18.0. The molecule has 0 fully saturated rings. The summed E-state index contributed by atoms with van der Waals surface area (Å²) in [6.45, 7) is 0.653. The van der Waals surface area contributed by atoms with Crippen molar-refractivity contribution in [3.8, 4) is 22.8 Å². The van der Waals surface area contributed by atoms with Crippen molar-refractivity contribution < 1.29 is 30.4 Å². The molecule has 26 heavy (non-hydrogen) atoms. The van der Waals surface area contributed by atoms with Crippen molar-refractivity contribution in [1.29, 1.82) is 0 Å². The SMILES string of the molecule is Fc1ccc(C[n+]2cccc(-c3ncc(-c4ccccc4)o3)c2)cc1.[Br-]. The molecule has 0 saturated carbocycles. The van der Waals surface area contributed by atoms with Gasteiger partial charge >= 0.3 is 0 Å². The Bertz CT molecular complexity index is 984. The molecule has 3 nitrogen and oxygen atoms in total. The highest BCUT2D eigenvalue weighted by atomic mass is 79.9. The smallest absolute Gasteiger partial charge is 0.232 e. The lowest BCUT2D eigenvalue weighted by atomic mass is 10.2. The van der Waals surface area contributed by atoms with Gasteiger partial charge in [0.15, 0.2) is 24.7 Å². The Kier molecular flexibility index (Phi) is 5.58. The van der Waals surface area contributed by atoms with Crippen LogP contribution in [0, 0.1) is 5.82 Å². The minimum atomic E-state index is -0.226. The van der Waals surface area contributed by atoms with E-state index in [4.69, 9.17) is 4.42 Å². The number of halogens is 2. The lowest BCUT2D eigenvalue weighted by molar-refractivity contribution is -0.687. The van der Waals surface area contributed by atoms with E-state index in [0.29, 0.717) is 12.4 Å². The fraction of sp³-hybridized carbons (Fsp3) is 0.0476. The topological polar surface area (TPSA) is 29.9 Å². The molecule has 4 rings (SSSR count). The molecule has 4 aromatic rings. The van der Waals surface area contributed by atoms with Crippen molar-refractivity contribution in [3.05, 3.63) is 96.7 Å². The molecule has 0 spiro atoms. The van der Waals surface area contributed by atoms with Crippen molar-refractivity contribution in [2.45, 2.75) is 6.54 Å². The quantitative estimate of drug-likeness (QED) is 0.477. The highest BCUT2D eigenvalue weighted by Gasteiger charge is 2.12. The molecular formula is C21H16BrFN2O. The summed E-state index contributed by atoms with van der Waals surface area (Å²) in [6, 6.07) is 20.3. The minimum Gasteiger partial charge on any atom is -1.00 e. The number of rotatable bonds is 4. The molecule has 0 N–H and O–H groups in total. The maximum absolute atomic E-state index is 13.0. The third-order valence-corrected chi connectivity index (χ3v) is 3.95. The van der Waals surface area contributed by atoms with E-state index in [1.165, 1.54) is 12.1 Å². The Morgan fingerprint density at radius 3 is 2.38 bits per heavy atom. The van der Waals surface area contributed by atoms with Gasteiger partial charge < -0.3 is 21.4 Å². The monoisotopic (exact) mass is 410 g/mol. The molecule has 0 radical (unpaired) electrons. The number of benzene rings is 2. The second-order valence-corrected chi connectivity index (χ2v) is 5.79. The van der Waals surface area contributed by atoms with E-state index in [1.807, 2.05) is 59.4 Å². The molecular weight excluding hydrogens is 395 g/mol. The van der Waals surface area contributed by atoms with Gasteiger partial charge in [-0.1, -0.05) is 30.3 Å². The van der Waals surface area contributed by atoms with Gasteiger partial charge in [0.05, 0.1) is 6.20 Å². The van der Waals surface area contributed by atoms with Gasteiger partial charge in [-0.25, -0.2) is 9.37 Å². The van der Waals surface area contributed by atoms with E-state index in [2.05, 4.69) is 4.98 Å². The van der Waals surface area contributed by atoms with Gasteiger partial charge in [-0.3, -0.25) is 0 Å². The molecule has 0 aliphatic rings. The number of hydrogen-bond donors (Lipinski definition) is 0. The van der Waals surface area contributed by atoms with Crippen LogP contribution in [-0.4, -0.2) is 4.98 Å². The molecule has 2 aromatic carbocycles. The predicted octanol–water partition coefficient (Wildman–Crippen LogP) is 1.49. The second kappa shape index (κ2) is 8.06. The summed E-state index contributed by atoms with van der Waals surface area (Å²) in [4.78, 5) is 4.39. The molecule has 0 atom stereocenters. The molecule has 0 amide bonds. The fourth-order valence-electron chi connectivity index (χ4n) is 2.69. The predicted molar refractivity (Wildman–Crippen MR) is 93.1 cm³/mol. The van der Waals surface area contributed by atoms with Crippen LogP contribution in [0.1, 0.15) is 5.56 Å². The Balaban J connectivity index is 0.00000196. The average Bonchev–Trinajstić information content (AvgIpc) is 3.15. The largest absolute Gasteiger partial charge is 1.00 e. The van der Waals surface area contributed by atoms with Gasteiger partial charge in [0, 0.05) is 17.2 Å². The van der Waals surface area contributed by atoms with Gasteiger partial charge in [-0.15, -0.1) is 0 Å². The standard InChI is InChI=1S/C21H16FN2O.BrH/c22-19-10-8-16(9-11-19)14-24-12-4-7-18(15-24)21-23-13-20(25-21)17-5-2-1-3-6-17;/h1-13,15H,14H2;1H/q+1;/p-1. The maximum Gasteiger partial charge on any atom is 0.232 e. The van der Waals surface area contributed by atoms with E-state index < -0.39 is 0 Å². The minimum absolute atomic E-state index is 0. The first-order chi connectivity index (χ1) is 12.3. The van der Waals surface area contributed by atoms with Crippen molar-refractivity contribution >= 4 is 0 Å². The number of oxazole rings is 1. The Labute approximate surface area is 161 Å².